The highest BCUT2D eigenvalue weighted by molar-refractivity contribution is 5.87. The van der Waals surface area contributed by atoms with Crippen LogP contribution in [0.4, 0.5) is 13.2 Å². The first-order valence-electron chi connectivity index (χ1n) is 6.15. The number of carbonyl (C=O) groups excluding carboxylic acids is 1. The fraction of sp³-hybridized carbons (Fsp3) is 0.214. The second kappa shape index (κ2) is 5.90. The van der Waals surface area contributed by atoms with Gasteiger partial charge >= 0.3 is 6.36 Å². The van der Waals surface area contributed by atoms with Gasteiger partial charge in [0.15, 0.2) is 0 Å². The summed E-state index contributed by atoms with van der Waals surface area (Å²) in [7, 11) is 0. The van der Waals surface area contributed by atoms with Gasteiger partial charge in [0.2, 0.25) is 5.91 Å². The molecular weight excluding hydrogens is 285 g/mol. The molecule has 112 valence electrons. The molecule has 0 fully saturated rings. The number of H-pyrrole nitrogens is 1. The number of rotatable bonds is 5. The van der Waals surface area contributed by atoms with E-state index in [9.17, 15) is 18.0 Å². The number of nitrogens with one attached hydrogen (secondary N) is 2. The van der Waals surface area contributed by atoms with Crippen LogP contribution in [0.3, 0.4) is 0 Å². The average Bonchev–Trinajstić information content (AvgIpc) is 2.79. The van der Waals surface area contributed by atoms with Crippen LogP contribution in [0.2, 0.25) is 0 Å². The third-order valence-electron chi connectivity index (χ3n) is 2.85. The first kappa shape index (κ1) is 15.0. The zero-order valence-electron chi connectivity index (χ0n) is 11.0. The van der Waals surface area contributed by atoms with Crippen molar-refractivity contribution in [3.63, 3.8) is 0 Å². The summed E-state index contributed by atoms with van der Waals surface area (Å²) in [5.74, 6) is -0.568. The van der Waals surface area contributed by atoms with Gasteiger partial charge in [-0.15, -0.1) is 13.2 Å². The Kier molecular flexibility index (Phi) is 4.21. The summed E-state index contributed by atoms with van der Waals surface area (Å²) in [6.45, 7) is 3.69. The Morgan fingerprint density at radius 1 is 1.43 bits per heavy atom. The van der Waals surface area contributed by atoms with Crippen LogP contribution in [-0.2, 0) is 11.2 Å². The molecule has 2 N–H and O–H groups in total. The van der Waals surface area contributed by atoms with E-state index in [4.69, 9.17) is 0 Å². The van der Waals surface area contributed by atoms with Crippen LogP contribution in [-0.4, -0.2) is 23.8 Å². The number of carbonyl (C=O) groups is 1. The lowest BCUT2D eigenvalue weighted by molar-refractivity contribution is -0.274. The maximum Gasteiger partial charge on any atom is 0.573 e. The fourth-order valence-corrected chi connectivity index (χ4v) is 1.95. The zero-order valence-corrected chi connectivity index (χ0v) is 11.0. The predicted molar refractivity (Wildman–Crippen MR) is 71.9 cm³/mol. The van der Waals surface area contributed by atoms with Gasteiger partial charge in [-0.25, -0.2) is 0 Å². The molecule has 0 aliphatic rings. The molecule has 2 rings (SSSR count). The molecule has 7 heteroatoms. The van der Waals surface area contributed by atoms with Crippen molar-refractivity contribution in [3.05, 3.63) is 42.6 Å². The molecule has 21 heavy (non-hydrogen) atoms. The van der Waals surface area contributed by atoms with E-state index in [0.29, 0.717) is 23.9 Å². The van der Waals surface area contributed by atoms with Gasteiger partial charge in [0.25, 0.3) is 0 Å². The molecular formula is C14H13F3N2O2. The molecule has 1 heterocycles. The maximum absolute atomic E-state index is 12.2. The van der Waals surface area contributed by atoms with Gasteiger partial charge in [0, 0.05) is 23.6 Å². The van der Waals surface area contributed by atoms with Crippen molar-refractivity contribution in [3.8, 4) is 5.75 Å². The highest BCUT2D eigenvalue weighted by Gasteiger charge is 2.31. The number of benzene rings is 1. The number of alkyl halides is 3. The Morgan fingerprint density at radius 2 is 2.19 bits per heavy atom. The van der Waals surface area contributed by atoms with E-state index in [0.717, 1.165) is 11.6 Å². The van der Waals surface area contributed by atoms with E-state index in [2.05, 4.69) is 21.6 Å². The van der Waals surface area contributed by atoms with Crippen molar-refractivity contribution in [1.82, 2.24) is 10.3 Å². The quantitative estimate of drug-likeness (QED) is 0.834. The van der Waals surface area contributed by atoms with Crippen LogP contribution in [0.15, 0.2) is 37.1 Å². The van der Waals surface area contributed by atoms with Gasteiger partial charge in [-0.2, -0.15) is 0 Å². The highest BCUT2D eigenvalue weighted by atomic mass is 19.4. The van der Waals surface area contributed by atoms with Crippen molar-refractivity contribution >= 4 is 16.8 Å². The SMILES string of the molecule is C=CC(=O)NCCc1c[nH]c2ccc(OC(F)(F)F)cc12. The molecule has 4 nitrogen and oxygen atoms in total. The standard InChI is InChI=1S/C14H13F3N2O2/c1-2-13(20)18-6-5-9-8-19-12-4-3-10(7-11(9)12)21-14(15,16)17/h2-4,7-8,19H,1,5-6H2,(H,18,20). The molecule has 1 amide bonds. The van der Waals surface area contributed by atoms with E-state index in [1.54, 1.807) is 6.20 Å². The Hall–Kier alpha value is -2.44. The fourth-order valence-electron chi connectivity index (χ4n) is 1.95. The number of amides is 1. The van der Waals surface area contributed by atoms with Gasteiger partial charge in [-0.3, -0.25) is 4.79 Å². The monoisotopic (exact) mass is 298 g/mol. The van der Waals surface area contributed by atoms with Crippen molar-refractivity contribution in [1.29, 1.82) is 0 Å². The minimum atomic E-state index is -4.72. The smallest absolute Gasteiger partial charge is 0.406 e. The summed E-state index contributed by atoms with van der Waals surface area (Å²) < 4.78 is 40.5. The summed E-state index contributed by atoms with van der Waals surface area (Å²) >= 11 is 0. The summed E-state index contributed by atoms with van der Waals surface area (Å²) in [5.41, 5.74) is 1.50. The van der Waals surface area contributed by atoms with Crippen LogP contribution in [0.25, 0.3) is 10.9 Å². The number of hydrogen-bond donors (Lipinski definition) is 2. The molecule has 0 radical (unpaired) electrons. The molecule has 0 bridgehead atoms. The molecule has 0 aliphatic carbocycles. The minimum Gasteiger partial charge on any atom is -0.406 e. The minimum absolute atomic E-state index is 0.272. The molecule has 0 spiro atoms. The van der Waals surface area contributed by atoms with E-state index in [1.165, 1.54) is 18.2 Å². The molecule has 0 aliphatic heterocycles. The van der Waals surface area contributed by atoms with Crippen LogP contribution in [0.5, 0.6) is 5.75 Å². The van der Waals surface area contributed by atoms with E-state index in [-0.39, 0.29) is 11.7 Å². The molecule has 1 aromatic heterocycles. The van der Waals surface area contributed by atoms with E-state index < -0.39 is 6.36 Å². The Bertz CT molecular complexity index is 662. The number of halogens is 3. The van der Waals surface area contributed by atoms with E-state index >= 15 is 0 Å². The molecule has 0 unspecified atom stereocenters. The lowest BCUT2D eigenvalue weighted by Gasteiger charge is -2.09. The van der Waals surface area contributed by atoms with Crippen molar-refractivity contribution < 1.29 is 22.7 Å². The second-order valence-electron chi connectivity index (χ2n) is 4.31. The number of hydrogen-bond acceptors (Lipinski definition) is 2. The van der Waals surface area contributed by atoms with Crippen LogP contribution in [0.1, 0.15) is 5.56 Å². The summed E-state index contributed by atoms with van der Waals surface area (Å²) in [5, 5.41) is 3.24. The number of aromatic nitrogens is 1. The van der Waals surface area contributed by atoms with Gasteiger partial charge in [-0.05, 0) is 36.3 Å². The number of fused-ring (bicyclic) bond motifs is 1. The first-order chi connectivity index (χ1) is 9.89. The lowest BCUT2D eigenvalue weighted by atomic mass is 10.1. The molecule has 0 saturated carbocycles. The lowest BCUT2D eigenvalue weighted by Crippen LogP contribution is -2.23. The third kappa shape index (κ3) is 4.01. The van der Waals surface area contributed by atoms with Gasteiger partial charge in [0.05, 0.1) is 0 Å². The van der Waals surface area contributed by atoms with Crippen LogP contribution in [0, 0.1) is 0 Å². The normalized spacial score (nSPS) is 11.4. The van der Waals surface area contributed by atoms with Crippen molar-refractivity contribution in [2.45, 2.75) is 12.8 Å². The second-order valence-corrected chi connectivity index (χ2v) is 4.31. The van der Waals surface area contributed by atoms with Gasteiger partial charge < -0.3 is 15.0 Å². The summed E-state index contributed by atoms with van der Waals surface area (Å²) in [6, 6.07) is 4.09. The van der Waals surface area contributed by atoms with E-state index in [1.807, 2.05) is 0 Å². The molecule has 1 aromatic carbocycles. The zero-order chi connectivity index (χ0) is 15.5. The van der Waals surface area contributed by atoms with Crippen LogP contribution >= 0.6 is 0 Å². The first-order valence-corrected chi connectivity index (χ1v) is 6.15. The predicted octanol–water partition coefficient (Wildman–Crippen LogP) is 2.91. The van der Waals surface area contributed by atoms with Crippen molar-refractivity contribution in [2.24, 2.45) is 0 Å². The molecule has 0 saturated heterocycles. The third-order valence-corrected chi connectivity index (χ3v) is 2.85. The maximum atomic E-state index is 12.2. The van der Waals surface area contributed by atoms with Gasteiger partial charge in [-0.1, -0.05) is 6.58 Å². The Balaban J connectivity index is 2.15. The Morgan fingerprint density at radius 3 is 2.86 bits per heavy atom. The molecule has 2 aromatic rings. The van der Waals surface area contributed by atoms with Crippen LogP contribution < -0.4 is 10.1 Å². The largest absolute Gasteiger partial charge is 0.573 e. The number of aromatic amines is 1. The van der Waals surface area contributed by atoms with Crippen molar-refractivity contribution in [2.75, 3.05) is 6.54 Å². The average molecular weight is 298 g/mol. The Labute approximate surface area is 118 Å². The molecule has 0 atom stereocenters. The topological polar surface area (TPSA) is 54.1 Å². The number of ether oxygens (including phenoxy) is 1. The summed E-state index contributed by atoms with van der Waals surface area (Å²) in [4.78, 5) is 14.0. The summed E-state index contributed by atoms with van der Waals surface area (Å²) in [6.07, 6.45) is -1.39. The highest BCUT2D eigenvalue weighted by Crippen LogP contribution is 2.28. The van der Waals surface area contributed by atoms with Gasteiger partial charge in [0.1, 0.15) is 5.75 Å².